The van der Waals surface area contributed by atoms with Gasteiger partial charge < -0.3 is 5.32 Å². The molecule has 2 aliphatic rings. The van der Waals surface area contributed by atoms with Crippen LogP contribution in [-0.2, 0) is 4.79 Å². The van der Waals surface area contributed by atoms with Crippen LogP contribution in [0.15, 0.2) is 18.2 Å². The number of rotatable bonds is 4. The maximum Gasteiger partial charge on any atom is 0.269 e. The Morgan fingerprint density at radius 2 is 2.00 bits per heavy atom. The fraction of sp³-hybridized carbons (Fsp3) is 0.533. The first-order chi connectivity index (χ1) is 9.65. The van der Waals surface area contributed by atoms with E-state index in [0.29, 0.717) is 0 Å². The number of hydrogen-bond acceptors (Lipinski definition) is 3. The molecule has 1 aliphatic carbocycles. The van der Waals surface area contributed by atoms with Crippen molar-refractivity contribution in [2.24, 2.45) is 5.92 Å². The van der Waals surface area contributed by atoms with Crippen molar-refractivity contribution in [2.75, 3.05) is 5.32 Å². The van der Waals surface area contributed by atoms with Crippen LogP contribution in [0.4, 0.5) is 11.4 Å². The Morgan fingerprint density at radius 1 is 1.25 bits per heavy atom. The number of hydrogen-bond donors (Lipinski definition) is 1. The first-order valence-electron chi connectivity index (χ1n) is 7.24. The zero-order valence-corrected chi connectivity index (χ0v) is 11.3. The molecule has 3 rings (SSSR count). The third-order valence-electron chi connectivity index (χ3n) is 4.53. The van der Waals surface area contributed by atoms with Gasteiger partial charge in [0.2, 0.25) is 5.91 Å². The van der Waals surface area contributed by atoms with Crippen LogP contribution in [0, 0.1) is 16.0 Å². The number of carbonyl (C=O) groups excluding carboxylic acids is 1. The maximum absolute atomic E-state index is 12.0. The molecular formula is C15H18N2O3. The minimum atomic E-state index is -0.406. The number of benzene rings is 1. The van der Waals surface area contributed by atoms with Crippen LogP contribution in [-0.4, -0.2) is 10.8 Å². The molecule has 0 spiro atoms. The van der Waals surface area contributed by atoms with Crippen molar-refractivity contribution in [1.29, 1.82) is 0 Å². The molecule has 1 heterocycles. The van der Waals surface area contributed by atoms with E-state index in [1.807, 2.05) is 0 Å². The Hall–Kier alpha value is -1.91. The number of amides is 1. The highest BCUT2D eigenvalue weighted by atomic mass is 16.6. The number of non-ortho nitro benzene ring substituents is 1. The van der Waals surface area contributed by atoms with Crippen LogP contribution < -0.4 is 5.32 Å². The molecule has 20 heavy (non-hydrogen) atoms. The third-order valence-corrected chi connectivity index (χ3v) is 4.53. The molecule has 0 bridgehead atoms. The summed E-state index contributed by atoms with van der Waals surface area (Å²) in [6.07, 6.45) is 6.95. The van der Waals surface area contributed by atoms with Gasteiger partial charge in [0.1, 0.15) is 0 Å². The van der Waals surface area contributed by atoms with Gasteiger partial charge in [-0.15, -0.1) is 0 Å². The number of carbonyl (C=O) groups is 1. The Labute approximate surface area is 117 Å². The lowest BCUT2D eigenvalue weighted by Gasteiger charge is -2.12. The largest absolute Gasteiger partial charge is 0.325 e. The van der Waals surface area contributed by atoms with Gasteiger partial charge in [0.05, 0.1) is 10.8 Å². The van der Waals surface area contributed by atoms with E-state index in [1.54, 1.807) is 12.1 Å². The topological polar surface area (TPSA) is 72.2 Å². The molecule has 1 fully saturated rings. The van der Waals surface area contributed by atoms with Crippen LogP contribution in [0.2, 0.25) is 0 Å². The molecule has 0 saturated heterocycles. The number of nitro groups is 1. The Balaban J connectivity index is 1.77. The van der Waals surface area contributed by atoms with Gasteiger partial charge in [-0.25, -0.2) is 0 Å². The van der Waals surface area contributed by atoms with Gasteiger partial charge in [0.25, 0.3) is 5.69 Å². The van der Waals surface area contributed by atoms with Crippen molar-refractivity contribution >= 4 is 17.3 Å². The Bertz CT molecular complexity index is 550. The lowest BCUT2D eigenvalue weighted by Crippen LogP contribution is -2.13. The first-order valence-corrected chi connectivity index (χ1v) is 7.24. The van der Waals surface area contributed by atoms with E-state index in [0.717, 1.165) is 30.0 Å². The highest BCUT2D eigenvalue weighted by molar-refractivity contribution is 6.03. The highest BCUT2D eigenvalue weighted by Crippen LogP contribution is 2.39. The monoisotopic (exact) mass is 274 g/mol. The summed E-state index contributed by atoms with van der Waals surface area (Å²) in [6, 6.07) is 4.63. The number of anilines is 1. The van der Waals surface area contributed by atoms with Crippen LogP contribution >= 0.6 is 0 Å². The van der Waals surface area contributed by atoms with Crippen molar-refractivity contribution in [1.82, 2.24) is 0 Å². The Morgan fingerprint density at radius 3 is 2.70 bits per heavy atom. The summed E-state index contributed by atoms with van der Waals surface area (Å²) >= 11 is 0. The van der Waals surface area contributed by atoms with E-state index in [-0.39, 0.29) is 17.5 Å². The molecular weight excluding hydrogens is 256 g/mol. The average Bonchev–Trinajstić information content (AvgIpc) is 3.02. The molecule has 1 amide bonds. The number of fused-ring (bicyclic) bond motifs is 1. The maximum atomic E-state index is 12.0. The minimum Gasteiger partial charge on any atom is -0.325 e. The first kappa shape index (κ1) is 13.1. The zero-order valence-electron chi connectivity index (χ0n) is 11.3. The molecule has 1 aliphatic heterocycles. The molecule has 0 radical (unpaired) electrons. The van der Waals surface area contributed by atoms with E-state index in [9.17, 15) is 14.9 Å². The SMILES string of the molecule is O=C1Nc2ccc([N+](=O)[O-])cc2C1CCC1CCCC1. The molecule has 1 unspecified atom stereocenters. The van der Waals surface area contributed by atoms with Crippen LogP contribution in [0.5, 0.6) is 0 Å². The summed E-state index contributed by atoms with van der Waals surface area (Å²) in [4.78, 5) is 22.5. The van der Waals surface area contributed by atoms with E-state index in [2.05, 4.69) is 5.32 Å². The van der Waals surface area contributed by atoms with Crippen molar-refractivity contribution in [3.05, 3.63) is 33.9 Å². The van der Waals surface area contributed by atoms with Crippen molar-refractivity contribution in [2.45, 2.75) is 44.4 Å². The van der Waals surface area contributed by atoms with Gasteiger partial charge in [0.15, 0.2) is 0 Å². The predicted octanol–water partition coefficient (Wildman–Crippen LogP) is 3.60. The van der Waals surface area contributed by atoms with E-state index in [4.69, 9.17) is 0 Å². The van der Waals surface area contributed by atoms with E-state index >= 15 is 0 Å². The molecule has 1 aromatic rings. The number of nitrogens with zero attached hydrogens (tertiary/aromatic N) is 1. The summed E-state index contributed by atoms with van der Waals surface area (Å²) < 4.78 is 0. The summed E-state index contributed by atoms with van der Waals surface area (Å²) in [5.74, 6) is 0.495. The average molecular weight is 274 g/mol. The van der Waals surface area contributed by atoms with E-state index < -0.39 is 4.92 Å². The number of nitro benzene ring substituents is 1. The second kappa shape index (κ2) is 5.23. The molecule has 0 aromatic heterocycles. The van der Waals surface area contributed by atoms with Crippen molar-refractivity contribution < 1.29 is 9.72 Å². The lowest BCUT2D eigenvalue weighted by atomic mass is 9.90. The van der Waals surface area contributed by atoms with Crippen molar-refractivity contribution in [3.8, 4) is 0 Å². The summed E-state index contributed by atoms with van der Waals surface area (Å²) in [6.45, 7) is 0. The minimum absolute atomic E-state index is 0.0153. The van der Waals surface area contributed by atoms with Gasteiger partial charge in [-0.3, -0.25) is 14.9 Å². The number of nitrogens with one attached hydrogen (secondary N) is 1. The van der Waals surface area contributed by atoms with Gasteiger partial charge >= 0.3 is 0 Å². The summed E-state index contributed by atoms with van der Waals surface area (Å²) in [5.41, 5.74) is 1.59. The van der Waals surface area contributed by atoms with Gasteiger partial charge in [-0.1, -0.05) is 25.7 Å². The molecule has 1 aromatic carbocycles. The van der Waals surface area contributed by atoms with E-state index in [1.165, 1.54) is 31.7 Å². The normalized spacial score (nSPS) is 21.8. The zero-order chi connectivity index (χ0) is 14.1. The van der Waals surface area contributed by atoms with Gasteiger partial charge in [-0.2, -0.15) is 0 Å². The van der Waals surface area contributed by atoms with Crippen LogP contribution in [0.1, 0.15) is 50.0 Å². The lowest BCUT2D eigenvalue weighted by molar-refractivity contribution is -0.384. The fourth-order valence-corrected chi connectivity index (χ4v) is 3.41. The van der Waals surface area contributed by atoms with Crippen LogP contribution in [0.25, 0.3) is 0 Å². The summed E-state index contributed by atoms with van der Waals surface area (Å²) in [7, 11) is 0. The smallest absolute Gasteiger partial charge is 0.269 e. The second-order valence-corrected chi connectivity index (χ2v) is 5.80. The fourth-order valence-electron chi connectivity index (χ4n) is 3.41. The predicted molar refractivity (Wildman–Crippen MR) is 75.7 cm³/mol. The molecule has 5 nitrogen and oxygen atoms in total. The molecule has 1 saturated carbocycles. The third kappa shape index (κ3) is 2.40. The second-order valence-electron chi connectivity index (χ2n) is 5.80. The van der Waals surface area contributed by atoms with Crippen molar-refractivity contribution in [3.63, 3.8) is 0 Å². The van der Waals surface area contributed by atoms with Gasteiger partial charge in [0, 0.05) is 17.8 Å². The molecule has 1 atom stereocenters. The molecule has 106 valence electrons. The molecule has 1 N–H and O–H groups in total. The van der Waals surface area contributed by atoms with Gasteiger partial charge in [-0.05, 0) is 30.4 Å². The van der Waals surface area contributed by atoms with Crippen LogP contribution in [0.3, 0.4) is 0 Å². The highest BCUT2D eigenvalue weighted by Gasteiger charge is 2.32. The summed E-state index contributed by atoms with van der Waals surface area (Å²) in [5, 5.41) is 13.7. The molecule has 5 heteroatoms. The quantitative estimate of drug-likeness (QED) is 0.673. The standard InChI is InChI=1S/C15H18N2O3/c18-15-12(7-5-10-3-1-2-4-10)13-9-11(17(19)20)6-8-14(13)16-15/h6,8-10,12H,1-5,7H2,(H,16,18). The Kier molecular flexibility index (Phi) is 3.42.